The molecule has 0 aromatic heterocycles. The normalized spacial score (nSPS) is 15.8. The van der Waals surface area contributed by atoms with E-state index in [0.717, 1.165) is 31.2 Å². The van der Waals surface area contributed by atoms with Gasteiger partial charge >= 0.3 is 0 Å². The Kier molecular flexibility index (Phi) is 7.04. The van der Waals surface area contributed by atoms with E-state index < -0.39 is 0 Å². The third-order valence-corrected chi connectivity index (χ3v) is 6.02. The monoisotopic (exact) mass is 435 g/mol. The van der Waals surface area contributed by atoms with Crippen molar-refractivity contribution in [1.82, 2.24) is 10.2 Å². The number of carbonyl (C=O) groups is 3. The average Bonchev–Trinajstić information content (AvgIpc) is 3.32. The van der Waals surface area contributed by atoms with Gasteiger partial charge in [0.1, 0.15) is 12.3 Å². The Labute approximate surface area is 188 Å². The number of para-hydroxylation sites is 2. The Bertz CT molecular complexity index is 957. The van der Waals surface area contributed by atoms with Crippen molar-refractivity contribution in [3.63, 3.8) is 0 Å². The van der Waals surface area contributed by atoms with Gasteiger partial charge in [-0.25, -0.2) is 0 Å². The minimum Gasteiger partial charge on any atom is -0.482 e. The number of hydrogen-bond acceptors (Lipinski definition) is 4. The van der Waals surface area contributed by atoms with Crippen LogP contribution in [-0.2, 0) is 20.8 Å². The highest BCUT2D eigenvalue weighted by Crippen LogP contribution is 2.31. The van der Waals surface area contributed by atoms with Crippen LogP contribution in [0.1, 0.15) is 31.2 Å². The molecule has 0 saturated heterocycles. The van der Waals surface area contributed by atoms with E-state index in [1.165, 1.54) is 4.90 Å². The fourth-order valence-corrected chi connectivity index (χ4v) is 4.28. The van der Waals surface area contributed by atoms with E-state index >= 15 is 0 Å². The van der Waals surface area contributed by atoms with Gasteiger partial charge in [0.15, 0.2) is 6.61 Å². The fourth-order valence-electron chi connectivity index (χ4n) is 4.28. The van der Waals surface area contributed by atoms with Crippen LogP contribution in [0.15, 0.2) is 54.6 Å². The van der Waals surface area contributed by atoms with Crippen molar-refractivity contribution in [1.29, 1.82) is 0 Å². The van der Waals surface area contributed by atoms with Crippen molar-refractivity contribution in [2.45, 2.75) is 38.1 Å². The van der Waals surface area contributed by atoms with Crippen molar-refractivity contribution >= 4 is 23.4 Å². The summed E-state index contributed by atoms with van der Waals surface area (Å²) in [4.78, 5) is 41.5. The molecule has 7 nitrogen and oxygen atoms in total. The molecule has 0 spiro atoms. The summed E-state index contributed by atoms with van der Waals surface area (Å²) in [7, 11) is 0. The first-order valence-corrected chi connectivity index (χ1v) is 11.2. The van der Waals surface area contributed by atoms with Crippen LogP contribution >= 0.6 is 0 Å². The molecule has 32 heavy (non-hydrogen) atoms. The van der Waals surface area contributed by atoms with Gasteiger partial charge in [-0.3, -0.25) is 19.3 Å². The van der Waals surface area contributed by atoms with E-state index in [0.29, 0.717) is 24.4 Å². The Hall–Kier alpha value is -3.35. The van der Waals surface area contributed by atoms with Crippen molar-refractivity contribution in [2.24, 2.45) is 0 Å². The van der Waals surface area contributed by atoms with Gasteiger partial charge in [0.2, 0.25) is 11.8 Å². The molecule has 2 aromatic carbocycles. The lowest BCUT2D eigenvalue weighted by atomic mass is 10.1. The highest BCUT2D eigenvalue weighted by Gasteiger charge is 2.29. The average molecular weight is 436 g/mol. The van der Waals surface area contributed by atoms with Crippen LogP contribution in [0.5, 0.6) is 5.75 Å². The molecule has 2 aromatic rings. The zero-order valence-corrected chi connectivity index (χ0v) is 18.2. The van der Waals surface area contributed by atoms with Gasteiger partial charge < -0.3 is 15.0 Å². The van der Waals surface area contributed by atoms with Crippen molar-refractivity contribution in [3.05, 3.63) is 60.2 Å². The van der Waals surface area contributed by atoms with Crippen LogP contribution in [0.2, 0.25) is 0 Å². The Balaban J connectivity index is 1.45. The standard InChI is InChI=1S/C25H29N3O4/c29-23(26-20-10-4-5-11-20)16-27(15-14-19-8-2-1-3-9-19)24(30)17-28-21-12-6-7-13-22(21)32-18-25(28)31/h1-3,6-9,12-13,20H,4-5,10-11,14-18H2,(H,26,29). The van der Waals surface area contributed by atoms with Crippen LogP contribution in [0.25, 0.3) is 0 Å². The second-order valence-corrected chi connectivity index (χ2v) is 8.34. The summed E-state index contributed by atoms with van der Waals surface area (Å²) in [6.07, 6.45) is 4.86. The first kappa shape index (κ1) is 21.9. The van der Waals surface area contributed by atoms with Gasteiger partial charge in [-0.15, -0.1) is 0 Å². The predicted molar refractivity (Wildman–Crippen MR) is 121 cm³/mol. The smallest absolute Gasteiger partial charge is 0.265 e. The van der Waals surface area contributed by atoms with Crippen molar-refractivity contribution in [3.8, 4) is 5.75 Å². The van der Waals surface area contributed by atoms with Crippen LogP contribution < -0.4 is 15.0 Å². The van der Waals surface area contributed by atoms with Gasteiger partial charge in [-0.05, 0) is 37.0 Å². The minimum atomic E-state index is -0.268. The van der Waals surface area contributed by atoms with Gasteiger partial charge in [-0.1, -0.05) is 55.3 Å². The summed E-state index contributed by atoms with van der Waals surface area (Å²) in [5.74, 6) is -0.0928. The van der Waals surface area contributed by atoms with Crippen LogP contribution in [0.3, 0.4) is 0 Å². The summed E-state index contributed by atoms with van der Waals surface area (Å²) in [6.45, 7) is 0.171. The highest BCUT2D eigenvalue weighted by atomic mass is 16.5. The van der Waals surface area contributed by atoms with E-state index in [1.807, 2.05) is 36.4 Å². The zero-order chi connectivity index (χ0) is 22.3. The maximum Gasteiger partial charge on any atom is 0.265 e. The third kappa shape index (κ3) is 5.46. The summed E-state index contributed by atoms with van der Waals surface area (Å²) >= 11 is 0. The van der Waals surface area contributed by atoms with Crippen molar-refractivity contribution in [2.75, 3.05) is 31.1 Å². The van der Waals surface area contributed by atoms with Gasteiger partial charge in [0.25, 0.3) is 5.91 Å². The molecule has 1 heterocycles. The number of carbonyl (C=O) groups excluding carboxylic acids is 3. The molecule has 1 N–H and O–H groups in total. The predicted octanol–water partition coefficient (Wildman–Crippen LogP) is 2.54. The number of nitrogens with one attached hydrogen (secondary N) is 1. The fraction of sp³-hybridized carbons (Fsp3) is 0.400. The van der Waals surface area contributed by atoms with Crippen LogP contribution in [-0.4, -0.2) is 54.9 Å². The van der Waals surface area contributed by atoms with Crippen molar-refractivity contribution < 1.29 is 19.1 Å². The number of nitrogens with zero attached hydrogens (tertiary/aromatic N) is 2. The van der Waals surface area contributed by atoms with E-state index in [1.54, 1.807) is 23.1 Å². The minimum absolute atomic E-state index is 0.0116. The van der Waals surface area contributed by atoms with E-state index in [2.05, 4.69) is 5.32 Å². The third-order valence-electron chi connectivity index (χ3n) is 6.02. The van der Waals surface area contributed by atoms with Gasteiger partial charge in [-0.2, -0.15) is 0 Å². The summed E-state index contributed by atoms with van der Waals surface area (Å²) < 4.78 is 5.47. The van der Waals surface area contributed by atoms with E-state index in [4.69, 9.17) is 4.74 Å². The zero-order valence-electron chi connectivity index (χ0n) is 18.2. The Morgan fingerprint density at radius 3 is 2.53 bits per heavy atom. The van der Waals surface area contributed by atoms with Gasteiger partial charge in [0, 0.05) is 12.6 Å². The molecule has 1 saturated carbocycles. The maximum absolute atomic E-state index is 13.3. The molecule has 3 amide bonds. The molecule has 0 radical (unpaired) electrons. The summed E-state index contributed by atoms with van der Waals surface area (Å²) in [5.41, 5.74) is 1.67. The number of anilines is 1. The summed E-state index contributed by atoms with van der Waals surface area (Å²) in [5, 5.41) is 3.06. The molecule has 7 heteroatoms. The lowest BCUT2D eigenvalue weighted by Crippen LogP contribution is -2.50. The molecule has 0 unspecified atom stereocenters. The SMILES string of the molecule is O=C(CN(CCc1ccccc1)C(=O)CN1C(=O)COc2ccccc21)NC1CCCC1. The number of ether oxygens (including phenoxy) is 1. The molecule has 168 valence electrons. The van der Waals surface area contributed by atoms with Crippen LogP contribution in [0.4, 0.5) is 5.69 Å². The molecule has 1 fully saturated rings. The number of benzene rings is 2. The number of amides is 3. The summed E-state index contributed by atoms with van der Waals surface area (Å²) in [6, 6.07) is 17.2. The van der Waals surface area contributed by atoms with E-state index in [9.17, 15) is 14.4 Å². The van der Waals surface area contributed by atoms with Gasteiger partial charge in [0.05, 0.1) is 12.2 Å². The Morgan fingerprint density at radius 1 is 1.03 bits per heavy atom. The molecule has 2 aliphatic rings. The molecule has 1 aliphatic heterocycles. The topological polar surface area (TPSA) is 79.0 Å². The number of rotatable bonds is 8. The molecule has 0 atom stereocenters. The lowest BCUT2D eigenvalue weighted by Gasteiger charge is -2.31. The maximum atomic E-state index is 13.3. The second kappa shape index (κ2) is 10.3. The molecule has 1 aliphatic carbocycles. The first-order chi connectivity index (χ1) is 15.6. The Morgan fingerprint density at radius 2 is 1.75 bits per heavy atom. The van der Waals surface area contributed by atoms with Crippen LogP contribution in [0, 0.1) is 0 Å². The van der Waals surface area contributed by atoms with E-state index in [-0.39, 0.29) is 43.5 Å². The quantitative estimate of drug-likeness (QED) is 0.691. The molecular formula is C25H29N3O4. The number of hydrogen-bond donors (Lipinski definition) is 1. The molecule has 4 rings (SSSR count). The number of fused-ring (bicyclic) bond motifs is 1. The highest BCUT2D eigenvalue weighted by molar-refractivity contribution is 6.02. The first-order valence-electron chi connectivity index (χ1n) is 11.2. The largest absolute Gasteiger partial charge is 0.482 e. The molecule has 0 bridgehead atoms. The molecular weight excluding hydrogens is 406 g/mol. The lowest BCUT2D eigenvalue weighted by molar-refractivity contribution is -0.136. The second-order valence-electron chi connectivity index (χ2n) is 8.34.